The minimum atomic E-state index is -0.776. The first-order chi connectivity index (χ1) is 14.4. The molecule has 3 rings (SSSR count). The molecule has 3 aromatic rings. The third-order valence-electron chi connectivity index (χ3n) is 4.36. The van der Waals surface area contributed by atoms with Crippen molar-refractivity contribution in [3.63, 3.8) is 0 Å². The number of halogens is 2. The Morgan fingerprint density at radius 1 is 0.867 bits per heavy atom. The molecule has 0 spiro atoms. The van der Waals surface area contributed by atoms with Gasteiger partial charge in [-0.15, -0.1) is 0 Å². The molecule has 5 nitrogen and oxygen atoms in total. The highest BCUT2D eigenvalue weighted by atomic mass is 79.9. The van der Waals surface area contributed by atoms with Crippen LogP contribution in [0, 0.1) is 0 Å². The average Bonchev–Trinajstić information content (AvgIpc) is 2.75. The zero-order chi connectivity index (χ0) is 21.5. The quantitative estimate of drug-likeness (QED) is 0.419. The summed E-state index contributed by atoms with van der Waals surface area (Å²) in [6.45, 7) is 0.349. The molecular formula is C23H19Br2NO4. The molecule has 7 heteroatoms. The van der Waals surface area contributed by atoms with Gasteiger partial charge in [0.2, 0.25) is 0 Å². The smallest absolute Gasteiger partial charge is 0.342 e. The van der Waals surface area contributed by atoms with Crippen LogP contribution >= 0.6 is 31.9 Å². The number of amides is 1. The van der Waals surface area contributed by atoms with Crippen LogP contribution in [0.1, 0.15) is 21.5 Å². The van der Waals surface area contributed by atoms with E-state index in [4.69, 9.17) is 4.74 Å². The normalized spacial score (nSPS) is 10.5. The molecule has 0 aliphatic carbocycles. The third kappa shape index (κ3) is 5.93. The zero-order valence-corrected chi connectivity index (χ0v) is 19.1. The van der Waals surface area contributed by atoms with Gasteiger partial charge in [0.05, 0.1) is 4.47 Å². The van der Waals surface area contributed by atoms with Crippen LogP contribution in [0.2, 0.25) is 0 Å². The predicted molar refractivity (Wildman–Crippen MR) is 121 cm³/mol. The van der Waals surface area contributed by atoms with E-state index in [0.29, 0.717) is 22.0 Å². The molecule has 0 fully saturated rings. The predicted octanol–water partition coefficient (Wildman–Crippen LogP) is 5.30. The maximum absolute atomic E-state index is 12.9. The molecule has 0 saturated carbocycles. The molecule has 0 unspecified atom stereocenters. The number of aromatic hydroxyl groups is 1. The van der Waals surface area contributed by atoms with Crippen LogP contribution in [-0.2, 0) is 22.6 Å². The van der Waals surface area contributed by atoms with Crippen molar-refractivity contribution in [3.8, 4) is 5.75 Å². The summed E-state index contributed by atoms with van der Waals surface area (Å²) in [7, 11) is 0. The highest BCUT2D eigenvalue weighted by Gasteiger charge is 2.20. The van der Waals surface area contributed by atoms with Crippen LogP contribution in [0.3, 0.4) is 0 Å². The van der Waals surface area contributed by atoms with E-state index in [1.165, 1.54) is 6.07 Å². The molecule has 154 valence electrons. The number of carbonyl (C=O) groups excluding carboxylic acids is 2. The van der Waals surface area contributed by atoms with Crippen LogP contribution in [0.5, 0.6) is 5.75 Å². The number of hydrogen-bond donors (Lipinski definition) is 1. The summed E-state index contributed by atoms with van der Waals surface area (Å²) in [4.78, 5) is 26.9. The van der Waals surface area contributed by atoms with E-state index in [0.717, 1.165) is 11.1 Å². The van der Waals surface area contributed by atoms with Crippen LogP contribution < -0.4 is 0 Å². The standard InChI is InChI=1S/C23H19Br2NO4/c24-18-11-19(22(28)20(25)12-18)23(29)30-15-21(27)26(13-16-7-3-1-4-8-16)14-17-9-5-2-6-10-17/h1-12,28H,13-15H2. The highest BCUT2D eigenvalue weighted by Crippen LogP contribution is 2.32. The van der Waals surface area contributed by atoms with Gasteiger partial charge in [-0.3, -0.25) is 4.79 Å². The largest absolute Gasteiger partial charge is 0.506 e. The van der Waals surface area contributed by atoms with Gasteiger partial charge in [0.1, 0.15) is 11.3 Å². The maximum atomic E-state index is 12.9. The molecule has 0 heterocycles. The van der Waals surface area contributed by atoms with Gasteiger partial charge < -0.3 is 14.7 Å². The Hall–Kier alpha value is -2.64. The molecule has 0 aliphatic rings. The number of phenolic OH excluding ortho intramolecular Hbond substituents is 1. The first kappa shape index (κ1) is 22.1. The number of benzene rings is 3. The van der Waals surface area contributed by atoms with Gasteiger partial charge in [-0.2, -0.15) is 0 Å². The van der Waals surface area contributed by atoms with Gasteiger partial charge in [0.15, 0.2) is 6.61 Å². The molecule has 0 saturated heterocycles. The zero-order valence-electron chi connectivity index (χ0n) is 15.9. The summed E-state index contributed by atoms with van der Waals surface area (Å²) in [5.41, 5.74) is 1.92. The fraction of sp³-hybridized carbons (Fsp3) is 0.130. The summed E-state index contributed by atoms with van der Waals surface area (Å²) < 4.78 is 6.15. The molecule has 1 amide bonds. The third-order valence-corrected chi connectivity index (χ3v) is 5.42. The molecule has 3 aromatic carbocycles. The number of nitrogens with zero attached hydrogens (tertiary/aromatic N) is 1. The van der Waals surface area contributed by atoms with Crippen molar-refractivity contribution < 1.29 is 19.4 Å². The highest BCUT2D eigenvalue weighted by molar-refractivity contribution is 9.11. The lowest BCUT2D eigenvalue weighted by atomic mass is 10.1. The Morgan fingerprint density at radius 2 is 1.40 bits per heavy atom. The van der Waals surface area contributed by atoms with Crippen LogP contribution in [0.25, 0.3) is 0 Å². The van der Waals surface area contributed by atoms with Crippen molar-refractivity contribution in [2.24, 2.45) is 0 Å². The summed E-state index contributed by atoms with van der Waals surface area (Å²) >= 11 is 6.45. The second-order valence-corrected chi connectivity index (χ2v) is 8.35. The molecular weight excluding hydrogens is 514 g/mol. The lowest BCUT2D eigenvalue weighted by molar-refractivity contribution is -0.135. The molecule has 1 N–H and O–H groups in total. The minimum Gasteiger partial charge on any atom is -0.506 e. The maximum Gasteiger partial charge on any atom is 0.342 e. The van der Waals surface area contributed by atoms with E-state index in [-0.39, 0.29) is 17.2 Å². The average molecular weight is 533 g/mol. The number of rotatable bonds is 7. The van der Waals surface area contributed by atoms with Crippen molar-refractivity contribution in [1.82, 2.24) is 4.90 Å². The van der Waals surface area contributed by atoms with Crippen LogP contribution in [0.4, 0.5) is 0 Å². The van der Waals surface area contributed by atoms with Crippen molar-refractivity contribution in [2.45, 2.75) is 13.1 Å². The van der Waals surface area contributed by atoms with E-state index < -0.39 is 12.6 Å². The van der Waals surface area contributed by atoms with Gasteiger partial charge in [-0.1, -0.05) is 76.6 Å². The van der Waals surface area contributed by atoms with Crippen molar-refractivity contribution >= 4 is 43.7 Å². The number of esters is 1. The lowest BCUT2D eigenvalue weighted by Crippen LogP contribution is -2.34. The fourth-order valence-electron chi connectivity index (χ4n) is 2.86. The second kappa shape index (κ2) is 10.4. The Labute approximate surface area is 191 Å². The Morgan fingerprint density at radius 3 is 1.93 bits per heavy atom. The van der Waals surface area contributed by atoms with Crippen molar-refractivity contribution in [2.75, 3.05) is 6.61 Å². The first-order valence-corrected chi connectivity index (χ1v) is 10.7. The molecule has 0 bridgehead atoms. The fourth-order valence-corrected chi connectivity index (χ4v) is 4.08. The lowest BCUT2D eigenvalue weighted by Gasteiger charge is -2.23. The van der Waals surface area contributed by atoms with Gasteiger partial charge in [-0.25, -0.2) is 4.79 Å². The summed E-state index contributed by atoms with van der Waals surface area (Å²) in [5, 5.41) is 10.1. The topological polar surface area (TPSA) is 66.8 Å². The first-order valence-electron chi connectivity index (χ1n) is 9.15. The molecule has 0 atom stereocenters. The Balaban J connectivity index is 1.72. The molecule has 0 aromatic heterocycles. The van der Waals surface area contributed by atoms with Crippen molar-refractivity contribution in [1.29, 1.82) is 0 Å². The summed E-state index contributed by atoms with van der Waals surface area (Å²) in [6.07, 6.45) is 0. The SMILES string of the molecule is O=C(OCC(=O)N(Cc1ccccc1)Cc1ccccc1)c1cc(Br)cc(Br)c1O. The van der Waals surface area contributed by atoms with Crippen molar-refractivity contribution in [3.05, 3.63) is 98.4 Å². The van der Waals surface area contributed by atoms with E-state index >= 15 is 0 Å². The minimum absolute atomic E-state index is 0.0262. The number of carbonyl (C=O) groups is 2. The van der Waals surface area contributed by atoms with E-state index in [1.807, 2.05) is 60.7 Å². The van der Waals surface area contributed by atoms with Gasteiger partial charge in [0, 0.05) is 17.6 Å². The Bertz CT molecular complexity index is 985. The van der Waals surface area contributed by atoms with Crippen LogP contribution in [-0.4, -0.2) is 28.5 Å². The van der Waals surface area contributed by atoms with Crippen LogP contribution in [0.15, 0.2) is 81.7 Å². The molecule has 30 heavy (non-hydrogen) atoms. The molecule has 0 radical (unpaired) electrons. The Kier molecular flexibility index (Phi) is 7.65. The molecule has 0 aliphatic heterocycles. The summed E-state index contributed by atoms with van der Waals surface area (Å²) in [6, 6.07) is 22.3. The monoisotopic (exact) mass is 531 g/mol. The number of hydrogen-bond acceptors (Lipinski definition) is 4. The second-order valence-electron chi connectivity index (χ2n) is 6.58. The summed E-state index contributed by atoms with van der Waals surface area (Å²) in [5.74, 6) is -1.34. The van der Waals surface area contributed by atoms with Gasteiger partial charge in [-0.05, 0) is 39.2 Å². The van der Waals surface area contributed by atoms with Gasteiger partial charge >= 0.3 is 5.97 Å². The van der Waals surface area contributed by atoms with E-state index in [1.54, 1.807) is 11.0 Å². The number of phenols is 1. The number of ether oxygens (including phenoxy) is 1. The van der Waals surface area contributed by atoms with Gasteiger partial charge in [0.25, 0.3) is 5.91 Å². The van der Waals surface area contributed by atoms with E-state index in [9.17, 15) is 14.7 Å². The van der Waals surface area contributed by atoms with E-state index in [2.05, 4.69) is 31.9 Å².